The Labute approximate surface area is 214 Å². The van der Waals surface area contributed by atoms with E-state index in [1.807, 2.05) is 12.1 Å². The van der Waals surface area contributed by atoms with Crippen molar-refractivity contribution in [3.63, 3.8) is 0 Å². The molecule has 184 valence electrons. The molecular weight excluding hydrogens is 478 g/mol. The van der Waals surface area contributed by atoms with E-state index in [0.29, 0.717) is 34.2 Å². The Balaban J connectivity index is 1.46. The third kappa shape index (κ3) is 4.25. The van der Waals surface area contributed by atoms with Gasteiger partial charge in [-0.25, -0.2) is 9.97 Å². The third-order valence-electron chi connectivity index (χ3n) is 6.97. The van der Waals surface area contributed by atoms with Gasteiger partial charge in [0.05, 0.1) is 46.8 Å². The number of nitrogens with zero attached hydrogens (tertiary/aromatic N) is 4. The Morgan fingerprint density at radius 1 is 1.31 bits per heavy atom. The highest BCUT2D eigenvalue weighted by molar-refractivity contribution is 6.34. The summed E-state index contributed by atoms with van der Waals surface area (Å²) >= 11 is 6.45. The van der Waals surface area contributed by atoms with Crippen molar-refractivity contribution in [2.45, 2.75) is 38.2 Å². The number of hydrogen-bond acceptors (Lipinski definition) is 7. The number of carbonyl (C=O) groups excluding carboxylic acids is 1. The first-order chi connectivity index (χ1) is 17.2. The molecule has 1 amide bonds. The van der Waals surface area contributed by atoms with Crippen molar-refractivity contribution in [2.75, 3.05) is 25.5 Å². The van der Waals surface area contributed by atoms with E-state index in [9.17, 15) is 15.2 Å². The van der Waals surface area contributed by atoms with Crippen molar-refractivity contribution in [1.82, 2.24) is 14.9 Å². The lowest BCUT2D eigenvalue weighted by atomic mass is 9.84. The van der Waals surface area contributed by atoms with E-state index < -0.39 is 6.10 Å². The van der Waals surface area contributed by atoms with Gasteiger partial charge in [-0.1, -0.05) is 25.4 Å². The van der Waals surface area contributed by atoms with E-state index >= 15 is 0 Å². The minimum absolute atomic E-state index is 0.00247. The van der Waals surface area contributed by atoms with Gasteiger partial charge in [-0.2, -0.15) is 5.26 Å². The van der Waals surface area contributed by atoms with Crippen LogP contribution in [-0.4, -0.2) is 52.2 Å². The predicted molar refractivity (Wildman–Crippen MR) is 137 cm³/mol. The topological polar surface area (TPSA) is 111 Å². The first-order valence-corrected chi connectivity index (χ1v) is 12.1. The van der Waals surface area contributed by atoms with Crippen molar-refractivity contribution in [3.8, 4) is 23.1 Å². The molecule has 0 atom stereocenters. The van der Waals surface area contributed by atoms with Crippen molar-refractivity contribution in [2.24, 2.45) is 0 Å². The number of fused-ring (bicyclic) bond motifs is 1. The van der Waals surface area contributed by atoms with Gasteiger partial charge >= 0.3 is 0 Å². The molecule has 2 N–H and O–H groups in total. The molecule has 36 heavy (non-hydrogen) atoms. The molecule has 8 nitrogen and oxygen atoms in total. The molecule has 1 aliphatic heterocycles. The Bertz CT molecular complexity index is 1410. The maximum absolute atomic E-state index is 12.7. The second-order valence-electron chi connectivity index (χ2n) is 9.83. The minimum Gasteiger partial charge on any atom is -0.495 e. The fourth-order valence-electron chi connectivity index (χ4n) is 4.84. The number of likely N-dealkylation sites (tertiary alicyclic amines) is 1. The lowest BCUT2D eigenvalue weighted by molar-refractivity contribution is 0.00589. The second kappa shape index (κ2) is 9.08. The summed E-state index contributed by atoms with van der Waals surface area (Å²) < 4.78 is 5.50. The molecular formula is C27H26ClN5O3. The maximum atomic E-state index is 12.7. The van der Waals surface area contributed by atoms with Crippen LogP contribution in [0.1, 0.15) is 47.3 Å². The van der Waals surface area contributed by atoms with Crippen molar-refractivity contribution in [3.05, 3.63) is 63.8 Å². The number of nitrogens with one attached hydrogen (secondary N) is 1. The zero-order chi connectivity index (χ0) is 25.6. The van der Waals surface area contributed by atoms with Crippen molar-refractivity contribution >= 4 is 29.1 Å². The number of aliphatic hydroxyl groups is 1. The number of nitriles is 1. The van der Waals surface area contributed by atoms with Gasteiger partial charge in [-0.3, -0.25) is 4.79 Å². The molecule has 1 fully saturated rings. The first-order valence-electron chi connectivity index (χ1n) is 11.7. The fraction of sp³-hybridized carbons (Fsp3) is 0.333. The Morgan fingerprint density at radius 2 is 2.08 bits per heavy atom. The van der Waals surface area contributed by atoms with Gasteiger partial charge < -0.3 is 20.1 Å². The van der Waals surface area contributed by atoms with Crippen LogP contribution in [-0.2, 0) is 11.8 Å². The molecule has 0 spiro atoms. The van der Waals surface area contributed by atoms with Crippen LogP contribution < -0.4 is 10.1 Å². The standard InChI is InChI=1S/C27H26ClN5O3/c1-27(2)6-4-18-16(12-29)8-15(9-20(18)27)22-5-7-30-26(31-22)32-23-11-21(28)19(10-24(23)36-3)25(35)33-13-17(34)14-33/h5,7-11,17,34H,4,6,13-14H2,1-3H3,(H,30,31,32). The fourth-order valence-corrected chi connectivity index (χ4v) is 5.08. The van der Waals surface area contributed by atoms with Crippen LogP contribution in [0.3, 0.4) is 0 Å². The van der Waals surface area contributed by atoms with E-state index in [1.165, 1.54) is 17.6 Å². The quantitative estimate of drug-likeness (QED) is 0.528. The average Bonchev–Trinajstić information content (AvgIpc) is 3.16. The number of aliphatic hydroxyl groups excluding tert-OH is 1. The average molecular weight is 504 g/mol. The number of hydrogen-bond donors (Lipinski definition) is 2. The number of ether oxygens (including phenoxy) is 1. The van der Waals surface area contributed by atoms with Gasteiger partial charge in [0.2, 0.25) is 5.95 Å². The van der Waals surface area contributed by atoms with Crippen molar-refractivity contribution in [1.29, 1.82) is 5.26 Å². The molecule has 0 bridgehead atoms. The molecule has 0 radical (unpaired) electrons. The highest BCUT2D eigenvalue weighted by Gasteiger charge is 2.33. The number of anilines is 2. The summed E-state index contributed by atoms with van der Waals surface area (Å²) in [6.07, 6.45) is 3.06. The van der Waals surface area contributed by atoms with Gasteiger partial charge in [-0.15, -0.1) is 0 Å². The molecule has 2 heterocycles. The Kier molecular flexibility index (Phi) is 6.07. The zero-order valence-electron chi connectivity index (χ0n) is 20.3. The molecule has 1 aromatic heterocycles. The number of carbonyl (C=O) groups is 1. The summed E-state index contributed by atoms with van der Waals surface area (Å²) in [5.74, 6) is 0.468. The van der Waals surface area contributed by atoms with Crippen LogP contribution in [0.5, 0.6) is 5.75 Å². The van der Waals surface area contributed by atoms with Crippen molar-refractivity contribution < 1.29 is 14.6 Å². The third-order valence-corrected chi connectivity index (χ3v) is 7.28. The summed E-state index contributed by atoms with van der Waals surface area (Å²) in [5.41, 5.74) is 5.34. The second-order valence-corrected chi connectivity index (χ2v) is 10.2. The summed E-state index contributed by atoms with van der Waals surface area (Å²) in [6, 6.07) is 11.3. The van der Waals surface area contributed by atoms with Gasteiger partial charge in [-0.05, 0) is 59.7 Å². The number of methoxy groups -OCH3 is 1. The normalized spacial score (nSPS) is 16.2. The van der Waals surface area contributed by atoms with Crippen LogP contribution in [0.4, 0.5) is 11.6 Å². The molecule has 1 aliphatic carbocycles. The van der Waals surface area contributed by atoms with Crippen LogP contribution in [0.25, 0.3) is 11.3 Å². The predicted octanol–water partition coefficient (Wildman–Crippen LogP) is 4.46. The van der Waals surface area contributed by atoms with Gasteiger partial charge in [0.1, 0.15) is 5.75 Å². The van der Waals surface area contributed by atoms with Crippen LogP contribution in [0, 0.1) is 11.3 Å². The van der Waals surface area contributed by atoms with Crippen LogP contribution >= 0.6 is 11.6 Å². The number of halogens is 1. The largest absolute Gasteiger partial charge is 0.495 e. The monoisotopic (exact) mass is 503 g/mol. The Hall–Kier alpha value is -3.67. The van der Waals surface area contributed by atoms with E-state index in [1.54, 1.807) is 18.3 Å². The van der Waals surface area contributed by atoms with E-state index in [0.717, 1.165) is 24.0 Å². The number of rotatable bonds is 5. The molecule has 0 saturated carbocycles. The minimum atomic E-state index is -0.499. The van der Waals surface area contributed by atoms with E-state index in [4.69, 9.17) is 16.3 Å². The molecule has 0 unspecified atom stereocenters. The SMILES string of the molecule is COc1cc(C(=O)N2CC(O)C2)c(Cl)cc1Nc1nccc(-c2cc(C#N)c3c(c2)C(C)(C)CC3)n1. The number of β-amino-alcohol motifs (C(OH)–C–C–N with tert-alkyl or cyclic N) is 1. The van der Waals surface area contributed by atoms with Gasteiger partial charge in [0.25, 0.3) is 5.91 Å². The lowest BCUT2D eigenvalue weighted by Crippen LogP contribution is -2.53. The number of benzene rings is 2. The number of aromatic nitrogens is 2. The molecule has 9 heteroatoms. The highest BCUT2D eigenvalue weighted by atomic mass is 35.5. The summed E-state index contributed by atoms with van der Waals surface area (Å²) in [6.45, 7) is 4.97. The van der Waals surface area contributed by atoms with Crippen LogP contribution in [0.2, 0.25) is 5.02 Å². The highest BCUT2D eigenvalue weighted by Crippen LogP contribution is 2.42. The smallest absolute Gasteiger partial charge is 0.255 e. The summed E-state index contributed by atoms with van der Waals surface area (Å²) in [7, 11) is 1.50. The van der Waals surface area contributed by atoms with Crippen LogP contribution in [0.15, 0.2) is 36.5 Å². The number of amides is 1. The summed E-state index contributed by atoms with van der Waals surface area (Å²) in [5, 5.41) is 22.6. The molecule has 3 aromatic rings. The van der Waals surface area contributed by atoms with E-state index in [-0.39, 0.29) is 29.4 Å². The molecule has 2 aromatic carbocycles. The first kappa shape index (κ1) is 24.0. The zero-order valence-corrected chi connectivity index (χ0v) is 21.1. The maximum Gasteiger partial charge on any atom is 0.255 e. The van der Waals surface area contributed by atoms with Gasteiger partial charge in [0, 0.05) is 24.8 Å². The lowest BCUT2D eigenvalue weighted by Gasteiger charge is -2.36. The van der Waals surface area contributed by atoms with Gasteiger partial charge in [0.15, 0.2) is 0 Å². The molecule has 2 aliphatic rings. The van der Waals surface area contributed by atoms with E-state index in [2.05, 4.69) is 41.3 Å². The molecule has 1 saturated heterocycles. The Morgan fingerprint density at radius 3 is 2.78 bits per heavy atom. The summed E-state index contributed by atoms with van der Waals surface area (Å²) in [4.78, 5) is 23.3. The molecule has 5 rings (SSSR count).